The fraction of sp³-hybridized carbons (Fsp3) is 0.208. The second-order valence-corrected chi connectivity index (χ2v) is 8.71. The molecule has 0 aliphatic heterocycles. The van der Waals surface area contributed by atoms with E-state index in [-0.39, 0.29) is 39.7 Å². The zero-order valence-electron chi connectivity index (χ0n) is 16.8. The first-order chi connectivity index (χ1) is 15.4. The van der Waals surface area contributed by atoms with Crippen LogP contribution in [0.3, 0.4) is 0 Å². The molecule has 0 radical (unpaired) electrons. The van der Waals surface area contributed by atoms with E-state index in [9.17, 15) is 15.0 Å². The van der Waals surface area contributed by atoms with Gasteiger partial charge in [-0.3, -0.25) is 0 Å². The van der Waals surface area contributed by atoms with Gasteiger partial charge in [0.1, 0.15) is 18.8 Å². The SMILES string of the molecule is O=C(NCC(O)C(O)c1cc(Cl)c(Cl)c(Cl)c1)OCC1c2ccccc2-c2ccccc21. The van der Waals surface area contributed by atoms with Crippen molar-refractivity contribution in [2.45, 2.75) is 18.1 Å². The molecule has 0 saturated heterocycles. The quantitative estimate of drug-likeness (QED) is 0.393. The molecule has 0 fully saturated rings. The van der Waals surface area contributed by atoms with Gasteiger partial charge in [-0.25, -0.2) is 4.79 Å². The van der Waals surface area contributed by atoms with Crippen LogP contribution in [0.25, 0.3) is 11.1 Å². The van der Waals surface area contributed by atoms with Gasteiger partial charge in [0.2, 0.25) is 0 Å². The second kappa shape index (κ2) is 9.69. The van der Waals surface area contributed by atoms with E-state index in [1.165, 1.54) is 12.1 Å². The fourth-order valence-electron chi connectivity index (χ4n) is 3.92. The summed E-state index contributed by atoms with van der Waals surface area (Å²) in [6, 6.07) is 18.9. The summed E-state index contributed by atoms with van der Waals surface area (Å²) in [6.07, 6.45) is -3.31. The lowest BCUT2D eigenvalue weighted by Crippen LogP contribution is -2.36. The van der Waals surface area contributed by atoms with E-state index in [0.717, 1.165) is 22.3 Å². The maximum atomic E-state index is 12.3. The summed E-state index contributed by atoms with van der Waals surface area (Å²) in [6.45, 7) is -0.0728. The van der Waals surface area contributed by atoms with E-state index in [0.29, 0.717) is 0 Å². The highest BCUT2D eigenvalue weighted by Gasteiger charge is 2.29. The second-order valence-electron chi connectivity index (χ2n) is 7.52. The largest absolute Gasteiger partial charge is 0.449 e. The van der Waals surface area contributed by atoms with Crippen LogP contribution in [0.15, 0.2) is 60.7 Å². The molecule has 8 heteroatoms. The van der Waals surface area contributed by atoms with E-state index in [2.05, 4.69) is 17.4 Å². The molecular formula is C24H20Cl3NO4. The molecule has 1 aliphatic rings. The Morgan fingerprint density at radius 3 is 2.03 bits per heavy atom. The Kier molecular flexibility index (Phi) is 6.93. The normalized spacial score (nSPS) is 14.4. The van der Waals surface area contributed by atoms with Gasteiger partial charge < -0.3 is 20.3 Å². The predicted molar refractivity (Wildman–Crippen MR) is 126 cm³/mol. The zero-order chi connectivity index (χ0) is 22.8. The third-order valence-corrected chi connectivity index (χ3v) is 6.71. The van der Waals surface area contributed by atoms with Gasteiger partial charge in [-0.15, -0.1) is 0 Å². The molecule has 3 aromatic carbocycles. The van der Waals surface area contributed by atoms with E-state index in [1.807, 2.05) is 36.4 Å². The number of halogens is 3. The van der Waals surface area contributed by atoms with E-state index < -0.39 is 18.3 Å². The Bertz CT molecular complexity index is 1090. The molecule has 3 N–H and O–H groups in total. The van der Waals surface area contributed by atoms with Crippen molar-refractivity contribution in [1.82, 2.24) is 5.32 Å². The van der Waals surface area contributed by atoms with Crippen molar-refractivity contribution in [2.75, 3.05) is 13.2 Å². The van der Waals surface area contributed by atoms with Gasteiger partial charge >= 0.3 is 6.09 Å². The van der Waals surface area contributed by atoms with Crippen molar-refractivity contribution in [2.24, 2.45) is 0 Å². The topological polar surface area (TPSA) is 78.8 Å². The van der Waals surface area contributed by atoms with Crippen molar-refractivity contribution in [1.29, 1.82) is 0 Å². The lowest BCUT2D eigenvalue weighted by atomic mass is 9.98. The van der Waals surface area contributed by atoms with Gasteiger partial charge in [0, 0.05) is 12.5 Å². The fourth-order valence-corrected chi connectivity index (χ4v) is 4.53. The Hall–Kier alpha value is -2.28. The van der Waals surface area contributed by atoms with Crippen molar-refractivity contribution in [3.05, 3.63) is 92.4 Å². The van der Waals surface area contributed by atoms with Crippen molar-refractivity contribution in [3.8, 4) is 11.1 Å². The minimum absolute atomic E-state index is 0.0676. The summed E-state index contributed by atoms with van der Waals surface area (Å²) in [7, 11) is 0. The summed E-state index contributed by atoms with van der Waals surface area (Å²) >= 11 is 17.9. The number of hydrogen-bond acceptors (Lipinski definition) is 4. The van der Waals surface area contributed by atoms with E-state index >= 15 is 0 Å². The third-order valence-electron chi connectivity index (χ3n) is 5.51. The molecule has 0 heterocycles. The standard InChI is InChI=1S/C24H20Cl3NO4/c25-19-9-13(10-20(26)22(19)27)23(30)21(29)11-28-24(31)32-12-18-16-7-3-1-5-14(16)15-6-2-4-8-17(15)18/h1-10,18,21,23,29-30H,11-12H2,(H,28,31). The predicted octanol–water partition coefficient (Wildman–Crippen LogP) is 5.58. The van der Waals surface area contributed by atoms with Crippen LogP contribution < -0.4 is 5.32 Å². The molecule has 0 spiro atoms. The number of carbonyl (C=O) groups is 1. The summed E-state index contributed by atoms with van der Waals surface area (Å²) < 4.78 is 5.43. The highest BCUT2D eigenvalue weighted by atomic mass is 35.5. The molecule has 0 saturated carbocycles. The van der Waals surface area contributed by atoms with Crippen LogP contribution in [-0.2, 0) is 4.74 Å². The molecule has 5 nitrogen and oxygen atoms in total. The van der Waals surface area contributed by atoms with Crippen LogP contribution in [0.5, 0.6) is 0 Å². The van der Waals surface area contributed by atoms with Crippen LogP contribution in [0.4, 0.5) is 4.79 Å². The van der Waals surface area contributed by atoms with Crippen LogP contribution in [0, 0.1) is 0 Å². The van der Waals surface area contributed by atoms with Gasteiger partial charge in [0.25, 0.3) is 0 Å². The molecular weight excluding hydrogens is 473 g/mol. The number of carbonyl (C=O) groups excluding carboxylic acids is 1. The van der Waals surface area contributed by atoms with Crippen LogP contribution in [-0.4, -0.2) is 35.6 Å². The smallest absolute Gasteiger partial charge is 0.407 e. The number of aliphatic hydroxyl groups is 2. The molecule has 4 rings (SSSR count). The molecule has 2 unspecified atom stereocenters. The highest BCUT2D eigenvalue weighted by Crippen LogP contribution is 2.44. The molecule has 0 bridgehead atoms. The van der Waals surface area contributed by atoms with Gasteiger partial charge in [0.05, 0.1) is 15.1 Å². The number of ether oxygens (including phenoxy) is 1. The summed E-state index contributed by atoms with van der Waals surface area (Å²) in [4.78, 5) is 12.3. The van der Waals surface area contributed by atoms with Gasteiger partial charge in [0.15, 0.2) is 0 Å². The molecule has 1 aliphatic carbocycles. The van der Waals surface area contributed by atoms with Gasteiger partial charge in [-0.1, -0.05) is 83.3 Å². The Balaban J connectivity index is 1.35. The van der Waals surface area contributed by atoms with Gasteiger partial charge in [-0.05, 0) is 39.9 Å². The summed E-state index contributed by atoms with van der Waals surface area (Å²) in [5, 5.41) is 23.6. The Labute approximate surface area is 200 Å². The highest BCUT2D eigenvalue weighted by molar-refractivity contribution is 6.48. The minimum atomic E-state index is -1.32. The van der Waals surface area contributed by atoms with E-state index in [4.69, 9.17) is 39.5 Å². The minimum Gasteiger partial charge on any atom is -0.449 e. The Morgan fingerprint density at radius 1 is 0.938 bits per heavy atom. The first-order valence-corrected chi connectivity index (χ1v) is 11.1. The zero-order valence-corrected chi connectivity index (χ0v) is 19.0. The maximum absolute atomic E-state index is 12.3. The average molecular weight is 493 g/mol. The maximum Gasteiger partial charge on any atom is 0.407 e. The number of benzene rings is 3. The Morgan fingerprint density at radius 2 is 1.47 bits per heavy atom. The number of aliphatic hydroxyl groups excluding tert-OH is 2. The van der Waals surface area contributed by atoms with Crippen molar-refractivity contribution < 1.29 is 19.7 Å². The van der Waals surface area contributed by atoms with Crippen LogP contribution in [0.2, 0.25) is 15.1 Å². The first-order valence-electron chi connectivity index (χ1n) is 9.96. The first kappa shape index (κ1) is 22.9. The number of rotatable bonds is 6. The molecule has 32 heavy (non-hydrogen) atoms. The monoisotopic (exact) mass is 491 g/mol. The molecule has 1 amide bonds. The molecule has 2 atom stereocenters. The molecule has 0 aromatic heterocycles. The molecule has 166 valence electrons. The van der Waals surface area contributed by atoms with Crippen molar-refractivity contribution >= 4 is 40.9 Å². The number of nitrogens with one attached hydrogen (secondary N) is 1. The lowest BCUT2D eigenvalue weighted by Gasteiger charge is -2.20. The average Bonchev–Trinajstić information content (AvgIpc) is 3.12. The number of hydrogen-bond donors (Lipinski definition) is 3. The number of amides is 1. The summed E-state index contributed by atoms with van der Waals surface area (Å²) in [5.74, 6) is -0.0676. The van der Waals surface area contributed by atoms with Crippen LogP contribution >= 0.6 is 34.8 Å². The van der Waals surface area contributed by atoms with E-state index in [1.54, 1.807) is 0 Å². The van der Waals surface area contributed by atoms with Crippen molar-refractivity contribution in [3.63, 3.8) is 0 Å². The van der Waals surface area contributed by atoms with Crippen LogP contribution in [0.1, 0.15) is 28.7 Å². The van der Waals surface area contributed by atoms with Gasteiger partial charge in [-0.2, -0.15) is 0 Å². The third kappa shape index (κ3) is 4.58. The number of alkyl carbamates (subject to hydrolysis) is 1. The lowest BCUT2D eigenvalue weighted by molar-refractivity contribution is 0.0185. The summed E-state index contributed by atoms with van der Waals surface area (Å²) in [5.41, 5.74) is 4.76. The molecule has 3 aromatic rings. The number of fused-ring (bicyclic) bond motifs is 3.